The molecular formula is C19H22BrClN2O2. The zero-order valence-corrected chi connectivity index (χ0v) is 16.5. The minimum atomic E-state index is 0. The third-order valence-electron chi connectivity index (χ3n) is 4.33. The van der Waals surface area contributed by atoms with Gasteiger partial charge in [-0.15, -0.1) is 12.4 Å². The van der Waals surface area contributed by atoms with Crippen LogP contribution in [0, 0.1) is 0 Å². The van der Waals surface area contributed by atoms with Gasteiger partial charge in [-0.05, 0) is 50.2 Å². The number of hydrogen-bond donors (Lipinski definition) is 1. The summed E-state index contributed by atoms with van der Waals surface area (Å²) in [5, 5.41) is 3.29. The number of hydrogen-bond acceptors (Lipinski definition) is 3. The zero-order chi connectivity index (χ0) is 16.9. The van der Waals surface area contributed by atoms with Crippen molar-refractivity contribution < 1.29 is 9.53 Å². The number of likely N-dealkylation sites (tertiary alicyclic amines) is 1. The van der Waals surface area contributed by atoms with Crippen molar-refractivity contribution in [2.75, 3.05) is 20.1 Å². The molecule has 0 saturated carbocycles. The summed E-state index contributed by atoms with van der Waals surface area (Å²) >= 11 is 3.44. The number of para-hydroxylation sites is 1. The summed E-state index contributed by atoms with van der Waals surface area (Å²) in [4.78, 5) is 14.8. The fourth-order valence-corrected chi connectivity index (χ4v) is 3.31. The van der Waals surface area contributed by atoms with Crippen LogP contribution in [0.25, 0.3) is 0 Å². The normalized spacial score (nSPS) is 14.7. The first-order valence-electron chi connectivity index (χ1n) is 8.16. The molecule has 1 heterocycles. The molecule has 2 aromatic rings. The molecule has 2 aromatic carbocycles. The zero-order valence-electron chi connectivity index (χ0n) is 14.1. The Labute approximate surface area is 163 Å². The number of nitrogens with zero attached hydrogens (tertiary/aromatic N) is 1. The van der Waals surface area contributed by atoms with Crippen LogP contribution in [-0.2, 0) is 0 Å². The molecule has 3 rings (SSSR count). The minimum Gasteiger partial charge on any atom is -0.456 e. The molecule has 6 heteroatoms. The molecule has 1 fully saturated rings. The molecular weight excluding hydrogens is 404 g/mol. The van der Waals surface area contributed by atoms with Crippen LogP contribution in [0.2, 0.25) is 0 Å². The molecule has 0 aromatic heterocycles. The smallest absolute Gasteiger partial charge is 0.257 e. The molecule has 0 radical (unpaired) electrons. The molecule has 25 heavy (non-hydrogen) atoms. The second kappa shape index (κ2) is 9.22. The molecule has 0 spiro atoms. The van der Waals surface area contributed by atoms with Crippen LogP contribution < -0.4 is 10.1 Å². The van der Waals surface area contributed by atoms with Crippen molar-refractivity contribution >= 4 is 34.2 Å². The number of carbonyl (C=O) groups is 1. The summed E-state index contributed by atoms with van der Waals surface area (Å²) in [6.07, 6.45) is 1.97. The molecule has 0 atom stereocenters. The van der Waals surface area contributed by atoms with Gasteiger partial charge in [0.1, 0.15) is 11.5 Å². The van der Waals surface area contributed by atoms with Crippen LogP contribution in [0.1, 0.15) is 23.2 Å². The van der Waals surface area contributed by atoms with Crippen molar-refractivity contribution in [2.24, 2.45) is 0 Å². The molecule has 0 bridgehead atoms. The molecule has 134 valence electrons. The Bertz CT molecular complexity index is 718. The van der Waals surface area contributed by atoms with Crippen LogP contribution in [0.5, 0.6) is 11.5 Å². The standard InChI is InChI=1S/C19H21BrN2O2.ClH/c1-21-15-9-11-22(12-10-15)19(23)17-7-2-3-8-18(17)24-16-6-4-5-14(20)13-16;/h2-8,13,15,21H,9-12H2,1H3;1H. The van der Waals surface area contributed by atoms with E-state index in [1.165, 1.54) is 0 Å². The number of halogens is 2. The van der Waals surface area contributed by atoms with E-state index in [0.29, 0.717) is 23.1 Å². The van der Waals surface area contributed by atoms with Crippen molar-refractivity contribution in [1.29, 1.82) is 0 Å². The van der Waals surface area contributed by atoms with Crippen LogP contribution in [-0.4, -0.2) is 37.0 Å². The SMILES string of the molecule is CNC1CCN(C(=O)c2ccccc2Oc2cccc(Br)c2)CC1.Cl. The van der Waals surface area contributed by atoms with Gasteiger partial charge in [-0.1, -0.05) is 34.1 Å². The van der Waals surface area contributed by atoms with E-state index in [1.54, 1.807) is 0 Å². The van der Waals surface area contributed by atoms with Crippen molar-refractivity contribution in [2.45, 2.75) is 18.9 Å². The molecule has 4 nitrogen and oxygen atoms in total. The van der Waals surface area contributed by atoms with Crippen molar-refractivity contribution in [3.05, 3.63) is 58.6 Å². The first-order chi connectivity index (χ1) is 11.7. The quantitative estimate of drug-likeness (QED) is 0.785. The van der Waals surface area contributed by atoms with Gasteiger partial charge in [-0.25, -0.2) is 0 Å². The summed E-state index contributed by atoms with van der Waals surface area (Å²) in [7, 11) is 1.98. The summed E-state index contributed by atoms with van der Waals surface area (Å²) in [6.45, 7) is 1.55. The molecule has 0 unspecified atom stereocenters. The highest BCUT2D eigenvalue weighted by Crippen LogP contribution is 2.28. The van der Waals surface area contributed by atoms with Crippen LogP contribution in [0.3, 0.4) is 0 Å². The highest BCUT2D eigenvalue weighted by atomic mass is 79.9. The average molecular weight is 426 g/mol. The van der Waals surface area contributed by atoms with E-state index in [2.05, 4.69) is 21.2 Å². The summed E-state index contributed by atoms with van der Waals surface area (Å²) in [6, 6.07) is 15.6. The van der Waals surface area contributed by atoms with E-state index in [4.69, 9.17) is 4.74 Å². The Hall–Kier alpha value is -1.56. The fraction of sp³-hybridized carbons (Fsp3) is 0.316. The van der Waals surface area contributed by atoms with Gasteiger partial charge in [0.25, 0.3) is 5.91 Å². The van der Waals surface area contributed by atoms with Gasteiger partial charge in [0.15, 0.2) is 0 Å². The minimum absolute atomic E-state index is 0. The molecule has 1 saturated heterocycles. The first kappa shape index (κ1) is 19.8. The second-order valence-electron chi connectivity index (χ2n) is 5.91. The maximum absolute atomic E-state index is 12.9. The summed E-state index contributed by atoms with van der Waals surface area (Å²) in [5.41, 5.74) is 0.611. The highest BCUT2D eigenvalue weighted by Gasteiger charge is 2.24. The number of ether oxygens (including phenoxy) is 1. The van der Waals surface area contributed by atoms with E-state index in [9.17, 15) is 4.79 Å². The van der Waals surface area contributed by atoms with Gasteiger partial charge < -0.3 is 15.0 Å². The molecule has 1 amide bonds. The lowest BCUT2D eigenvalue weighted by molar-refractivity contribution is 0.0705. The largest absolute Gasteiger partial charge is 0.456 e. The Morgan fingerprint density at radius 2 is 1.88 bits per heavy atom. The third-order valence-corrected chi connectivity index (χ3v) is 4.83. The fourth-order valence-electron chi connectivity index (χ4n) is 2.93. The Morgan fingerprint density at radius 1 is 1.16 bits per heavy atom. The van der Waals surface area contributed by atoms with E-state index in [-0.39, 0.29) is 18.3 Å². The monoisotopic (exact) mass is 424 g/mol. The van der Waals surface area contributed by atoms with E-state index >= 15 is 0 Å². The van der Waals surface area contributed by atoms with Crippen LogP contribution in [0.15, 0.2) is 53.0 Å². The first-order valence-corrected chi connectivity index (χ1v) is 8.95. The van der Waals surface area contributed by atoms with Crippen molar-refractivity contribution in [3.63, 3.8) is 0 Å². The number of piperidine rings is 1. The lowest BCUT2D eigenvalue weighted by Crippen LogP contribution is -2.44. The van der Waals surface area contributed by atoms with E-state index < -0.39 is 0 Å². The van der Waals surface area contributed by atoms with Gasteiger partial charge in [0.2, 0.25) is 0 Å². The Morgan fingerprint density at radius 3 is 2.56 bits per heavy atom. The lowest BCUT2D eigenvalue weighted by Gasteiger charge is -2.32. The van der Waals surface area contributed by atoms with Gasteiger partial charge in [0.05, 0.1) is 5.56 Å². The summed E-state index contributed by atoms with van der Waals surface area (Å²) in [5.74, 6) is 1.34. The average Bonchev–Trinajstić information content (AvgIpc) is 2.62. The number of nitrogens with one attached hydrogen (secondary N) is 1. The van der Waals surface area contributed by atoms with Gasteiger partial charge in [-0.2, -0.15) is 0 Å². The van der Waals surface area contributed by atoms with Crippen LogP contribution in [0.4, 0.5) is 0 Å². The topological polar surface area (TPSA) is 41.6 Å². The van der Waals surface area contributed by atoms with Gasteiger partial charge in [0, 0.05) is 23.6 Å². The predicted molar refractivity (Wildman–Crippen MR) is 106 cm³/mol. The van der Waals surface area contributed by atoms with Gasteiger partial charge in [-0.3, -0.25) is 4.79 Å². The number of amides is 1. The molecule has 0 aliphatic carbocycles. The Kier molecular flexibility index (Phi) is 7.29. The van der Waals surface area contributed by atoms with Crippen molar-refractivity contribution in [3.8, 4) is 11.5 Å². The lowest BCUT2D eigenvalue weighted by atomic mass is 10.0. The predicted octanol–water partition coefficient (Wildman–Crippen LogP) is 4.49. The molecule has 1 aliphatic rings. The maximum Gasteiger partial charge on any atom is 0.257 e. The van der Waals surface area contributed by atoms with Gasteiger partial charge >= 0.3 is 0 Å². The van der Waals surface area contributed by atoms with E-state index in [1.807, 2.05) is 60.5 Å². The highest BCUT2D eigenvalue weighted by molar-refractivity contribution is 9.10. The third kappa shape index (κ3) is 4.97. The van der Waals surface area contributed by atoms with E-state index in [0.717, 1.165) is 30.4 Å². The molecule has 1 aliphatic heterocycles. The number of carbonyl (C=O) groups excluding carboxylic acids is 1. The maximum atomic E-state index is 12.9. The Balaban J connectivity index is 0.00000225. The number of benzene rings is 2. The van der Waals surface area contributed by atoms with Crippen LogP contribution >= 0.6 is 28.3 Å². The summed E-state index contributed by atoms with van der Waals surface area (Å²) < 4.78 is 6.90. The molecule has 1 N–H and O–H groups in total. The second-order valence-corrected chi connectivity index (χ2v) is 6.83. The van der Waals surface area contributed by atoms with Crippen molar-refractivity contribution in [1.82, 2.24) is 10.2 Å². The number of rotatable bonds is 4.